The van der Waals surface area contributed by atoms with Crippen molar-refractivity contribution in [3.63, 3.8) is 0 Å². The summed E-state index contributed by atoms with van der Waals surface area (Å²) in [7, 11) is 0. The molecule has 0 aromatic heterocycles. The molecule has 0 unspecified atom stereocenters. The Kier molecular flexibility index (Phi) is 3.91. The molecule has 98 valence electrons. The van der Waals surface area contributed by atoms with Gasteiger partial charge in [-0.2, -0.15) is 0 Å². The molecule has 0 atom stereocenters. The zero-order valence-electron chi connectivity index (χ0n) is 11.7. The standard InChI is InChI=1S/C17H17BrO/c1-10-6-5-7-15(13(10)4)17(19)14-8-11(2)16(18)12(3)9-14/h5-9H,1-4H3. The minimum absolute atomic E-state index is 0.0971. The van der Waals surface area contributed by atoms with Crippen molar-refractivity contribution in [2.24, 2.45) is 0 Å². The van der Waals surface area contributed by atoms with Crippen molar-refractivity contribution in [3.8, 4) is 0 Å². The van der Waals surface area contributed by atoms with E-state index in [1.165, 1.54) is 0 Å². The maximum Gasteiger partial charge on any atom is 0.193 e. The second-order valence-corrected chi connectivity index (χ2v) is 5.79. The van der Waals surface area contributed by atoms with Gasteiger partial charge in [0.2, 0.25) is 0 Å². The van der Waals surface area contributed by atoms with Crippen molar-refractivity contribution < 1.29 is 4.79 Å². The number of carbonyl (C=O) groups excluding carboxylic acids is 1. The number of hydrogen-bond acceptors (Lipinski definition) is 1. The molecule has 1 nitrogen and oxygen atoms in total. The number of ketones is 1. The molecule has 19 heavy (non-hydrogen) atoms. The number of rotatable bonds is 2. The summed E-state index contributed by atoms with van der Waals surface area (Å²) in [6.45, 7) is 8.05. The minimum atomic E-state index is 0.0971. The Morgan fingerprint density at radius 3 is 2.11 bits per heavy atom. The smallest absolute Gasteiger partial charge is 0.193 e. The Balaban J connectivity index is 2.53. The van der Waals surface area contributed by atoms with E-state index in [2.05, 4.69) is 15.9 Å². The van der Waals surface area contributed by atoms with Crippen molar-refractivity contribution >= 4 is 21.7 Å². The number of carbonyl (C=O) groups is 1. The second kappa shape index (κ2) is 5.30. The van der Waals surface area contributed by atoms with Crippen LogP contribution >= 0.6 is 15.9 Å². The van der Waals surface area contributed by atoms with Crippen LogP contribution in [0, 0.1) is 27.7 Å². The quantitative estimate of drug-likeness (QED) is 0.719. The molecule has 0 bridgehead atoms. The monoisotopic (exact) mass is 316 g/mol. The van der Waals surface area contributed by atoms with E-state index >= 15 is 0 Å². The van der Waals surface area contributed by atoms with Crippen LogP contribution in [-0.4, -0.2) is 5.78 Å². The van der Waals surface area contributed by atoms with Crippen LogP contribution in [0.15, 0.2) is 34.8 Å². The molecule has 2 aromatic rings. The van der Waals surface area contributed by atoms with Crippen LogP contribution in [-0.2, 0) is 0 Å². The van der Waals surface area contributed by atoms with Crippen LogP contribution in [0.1, 0.15) is 38.2 Å². The summed E-state index contributed by atoms with van der Waals surface area (Å²) in [5.41, 5.74) is 5.94. The van der Waals surface area contributed by atoms with E-state index in [-0.39, 0.29) is 5.78 Å². The van der Waals surface area contributed by atoms with Gasteiger partial charge in [-0.05, 0) is 62.1 Å². The van der Waals surface area contributed by atoms with Crippen LogP contribution in [0.4, 0.5) is 0 Å². The lowest BCUT2D eigenvalue weighted by molar-refractivity contribution is 0.103. The normalized spacial score (nSPS) is 10.6. The summed E-state index contributed by atoms with van der Waals surface area (Å²) in [5.74, 6) is 0.0971. The molecule has 0 radical (unpaired) electrons. The van der Waals surface area contributed by atoms with E-state index in [0.29, 0.717) is 0 Å². The molecule has 0 aliphatic heterocycles. The fourth-order valence-electron chi connectivity index (χ4n) is 2.23. The lowest BCUT2D eigenvalue weighted by Crippen LogP contribution is -2.05. The molecule has 0 fully saturated rings. The third-order valence-electron chi connectivity index (χ3n) is 3.55. The van der Waals surface area contributed by atoms with Gasteiger partial charge in [0.25, 0.3) is 0 Å². The number of halogens is 1. The average molecular weight is 317 g/mol. The summed E-state index contributed by atoms with van der Waals surface area (Å²) in [6, 6.07) is 9.76. The third-order valence-corrected chi connectivity index (χ3v) is 4.80. The molecule has 0 N–H and O–H groups in total. The lowest BCUT2D eigenvalue weighted by atomic mass is 9.94. The first-order valence-corrected chi connectivity index (χ1v) is 7.08. The van der Waals surface area contributed by atoms with E-state index in [9.17, 15) is 4.79 Å². The van der Waals surface area contributed by atoms with Gasteiger partial charge >= 0.3 is 0 Å². The third kappa shape index (κ3) is 2.64. The summed E-state index contributed by atoms with van der Waals surface area (Å²) >= 11 is 3.53. The highest BCUT2D eigenvalue weighted by Gasteiger charge is 2.14. The largest absolute Gasteiger partial charge is 0.289 e. The summed E-state index contributed by atoms with van der Waals surface area (Å²) < 4.78 is 1.07. The number of benzene rings is 2. The van der Waals surface area contributed by atoms with E-state index in [4.69, 9.17) is 0 Å². The van der Waals surface area contributed by atoms with E-state index < -0.39 is 0 Å². The highest BCUT2D eigenvalue weighted by Crippen LogP contribution is 2.25. The van der Waals surface area contributed by atoms with Crippen molar-refractivity contribution in [2.75, 3.05) is 0 Å². The first-order valence-electron chi connectivity index (χ1n) is 6.29. The van der Waals surface area contributed by atoms with Crippen molar-refractivity contribution in [1.29, 1.82) is 0 Å². The molecule has 0 saturated heterocycles. The SMILES string of the molecule is Cc1cccc(C(=O)c2cc(C)c(Br)c(C)c2)c1C. The highest BCUT2D eigenvalue weighted by molar-refractivity contribution is 9.10. The summed E-state index contributed by atoms with van der Waals surface area (Å²) in [6.07, 6.45) is 0. The van der Waals surface area contributed by atoms with Crippen LogP contribution in [0.5, 0.6) is 0 Å². The van der Waals surface area contributed by atoms with Crippen molar-refractivity contribution in [3.05, 3.63) is 68.2 Å². The molecule has 0 amide bonds. The van der Waals surface area contributed by atoms with Crippen LogP contribution in [0.2, 0.25) is 0 Å². The van der Waals surface area contributed by atoms with Gasteiger partial charge in [-0.1, -0.05) is 34.1 Å². The maximum atomic E-state index is 12.6. The average Bonchev–Trinajstić information content (AvgIpc) is 2.38. The maximum absolute atomic E-state index is 12.6. The van der Waals surface area contributed by atoms with E-state index in [1.807, 2.05) is 58.0 Å². The second-order valence-electron chi connectivity index (χ2n) is 5.00. The van der Waals surface area contributed by atoms with Gasteiger partial charge in [0.15, 0.2) is 5.78 Å². The predicted molar refractivity (Wildman–Crippen MR) is 83.0 cm³/mol. The molecule has 2 rings (SSSR count). The Hall–Kier alpha value is -1.41. The molecule has 0 aliphatic rings. The first-order chi connectivity index (χ1) is 8.91. The Morgan fingerprint density at radius 2 is 1.53 bits per heavy atom. The topological polar surface area (TPSA) is 17.1 Å². The molecule has 2 aromatic carbocycles. The van der Waals surface area contributed by atoms with Gasteiger partial charge in [0.1, 0.15) is 0 Å². The minimum Gasteiger partial charge on any atom is -0.289 e. The van der Waals surface area contributed by atoms with Gasteiger partial charge in [-0.15, -0.1) is 0 Å². The number of aryl methyl sites for hydroxylation is 3. The zero-order valence-corrected chi connectivity index (χ0v) is 13.3. The molecule has 0 heterocycles. The lowest BCUT2D eigenvalue weighted by Gasteiger charge is -2.10. The van der Waals surface area contributed by atoms with Gasteiger partial charge in [0.05, 0.1) is 0 Å². The van der Waals surface area contributed by atoms with E-state index in [1.54, 1.807) is 0 Å². The van der Waals surface area contributed by atoms with Crippen LogP contribution < -0.4 is 0 Å². The Bertz CT molecular complexity index is 633. The fourth-order valence-corrected chi connectivity index (χ4v) is 2.46. The molecular formula is C17H17BrO. The van der Waals surface area contributed by atoms with Gasteiger partial charge in [-0.3, -0.25) is 4.79 Å². The fraction of sp³-hybridized carbons (Fsp3) is 0.235. The van der Waals surface area contributed by atoms with Crippen LogP contribution in [0.25, 0.3) is 0 Å². The molecular weight excluding hydrogens is 300 g/mol. The molecule has 2 heteroatoms. The van der Waals surface area contributed by atoms with Gasteiger partial charge < -0.3 is 0 Å². The Labute approximate surface area is 122 Å². The highest BCUT2D eigenvalue weighted by atomic mass is 79.9. The van der Waals surface area contributed by atoms with E-state index in [0.717, 1.165) is 37.9 Å². The van der Waals surface area contributed by atoms with Crippen molar-refractivity contribution in [1.82, 2.24) is 0 Å². The number of hydrogen-bond donors (Lipinski definition) is 0. The van der Waals surface area contributed by atoms with Crippen LogP contribution in [0.3, 0.4) is 0 Å². The zero-order chi connectivity index (χ0) is 14.2. The summed E-state index contributed by atoms with van der Waals surface area (Å²) in [5, 5.41) is 0. The van der Waals surface area contributed by atoms with Gasteiger partial charge in [0, 0.05) is 15.6 Å². The summed E-state index contributed by atoms with van der Waals surface area (Å²) in [4.78, 5) is 12.6. The Morgan fingerprint density at radius 1 is 0.947 bits per heavy atom. The first kappa shape index (κ1) is 14.0. The molecule has 0 spiro atoms. The molecule has 0 aliphatic carbocycles. The van der Waals surface area contributed by atoms with Crippen molar-refractivity contribution in [2.45, 2.75) is 27.7 Å². The van der Waals surface area contributed by atoms with Gasteiger partial charge in [-0.25, -0.2) is 0 Å². The predicted octanol–water partition coefficient (Wildman–Crippen LogP) is 4.91. The molecule has 0 saturated carbocycles.